The number of nitrogens with one attached hydrogen (secondary N) is 1. The molecule has 158 valence electrons. The number of rotatable bonds is 5. The zero-order chi connectivity index (χ0) is 21.7. The average molecular weight is 439 g/mol. The van der Waals surface area contributed by atoms with Gasteiger partial charge in [0.1, 0.15) is 11.6 Å². The Morgan fingerprint density at radius 3 is 2.53 bits per heavy atom. The second-order valence-corrected chi connectivity index (χ2v) is 9.19. The van der Waals surface area contributed by atoms with Crippen LogP contribution in [0.1, 0.15) is 36.0 Å². The summed E-state index contributed by atoms with van der Waals surface area (Å²) >= 11 is -1.06. The molecule has 1 atom stereocenters. The molecular formula is C21H17F4NO3S. The molecule has 2 aromatic carbocycles. The number of hydrogen-bond acceptors (Lipinski definition) is 3. The lowest BCUT2D eigenvalue weighted by atomic mass is 9.88. The molecule has 0 spiro atoms. The highest BCUT2D eigenvalue weighted by atomic mass is 32.2. The molecule has 1 heterocycles. The number of ketones is 1. The quantitative estimate of drug-likeness (QED) is 0.433. The van der Waals surface area contributed by atoms with Gasteiger partial charge in [0.15, 0.2) is 4.90 Å². The number of alkyl halides is 3. The number of hydrogen-bond donors (Lipinski definition) is 1. The van der Waals surface area contributed by atoms with Crippen LogP contribution in [-0.2, 0) is 38.8 Å². The predicted molar refractivity (Wildman–Crippen MR) is 102 cm³/mol. The molecule has 4 nitrogen and oxygen atoms in total. The van der Waals surface area contributed by atoms with Gasteiger partial charge < -0.3 is 9.87 Å². The second-order valence-electron chi connectivity index (χ2n) is 7.65. The number of amides is 1. The minimum absolute atomic E-state index is 0.182. The number of aryl methyl sites for hydroxylation is 1. The SMILES string of the molecule is O=C(CC1(c2cc(C(F)(F)F)ccc2F)CC1)C(=O)Nc1ccc2c(c1)CC[S+]2[O-]. The summed E-state index contributed by atoms with van der Waals surface area (Å²) in [7, 11) is 0. The van der Waals surface area contributed by atoms with Crippen molar-refractivity contribution in [3.05, 3.63) is 58.9 Å². The summed E-state index contributed by atoms with van der Waals surface area (Å²) in [5, 5.41) is 2.48. The van der Waals surface area contributed by atoms with Crippen molar-refractivity contribution in [3.8, 4) is 0 Å². The van der Waals surface area contributed by atoms with Gasteiger partial charge in [-0.1, -0.05) is 0 Å². The molecule has 9 heteroatoms. The molecule has 2 aliphatic rings. The molecule has 2 aromatic rings. The molecule has 4 rings (SSSR count). The summed E-state index contributed by atoms with van der Waals surface area (Å²) in [6, 6.07) is 6.98. The van der Waals surface area contributed by atoms with Crippen molar-refractivity contribution in [3.63, 3.8) is 0 Å². The van der Waals surface area contributed by atoms with Crippen molar-refractivity contribution in [1.29, 1.82) is 0 Å². The van der Waals surface area contributed by atoms with E-state index in [0.29, 0.717) is 41.7 Å². The second kappa shape index (κ2) is 7.39. The Balaban J connectivity index is 1.48. The van der Waals surface area contributed by atoms with Crippen LogP contribution in [0.5, 0.6) is 0 Å². The van der Waals surface area contributed by atoms with E-state index >= 15 is 0 Å². The zero-order valence-corrected chi connectivity index (χ0v) is 16.5. The maximum Gasteiger partial charge on any atom is 0.416 e. The van der Waals surface area contributed by atoms with E-state index in [1.54, 1.807) is 18.2 Å². The zero-order valence-electron chi connectivity index (χ0n) is 15.6. The third kappa shape index (κ3) is 3.96. The first-order valence-corrected chi connectivity index (χ1v) is 10.6. The molecule has 1 aliphatic heterocycles. The standard InChI is InChI=1S/C21H17F4NO3S/c22-16-3-1-13(21(23,24)25)10-15(16)20(6-7-20)11-17(27)19(28)26-14-2-4-18-12(9-14)5-8-30(18)29/h1-4,9-10H,5-8,11H2,(H,26,28). The van der Waals surface area contributed by atoms with Crippen LogP contribution >= 0.6 is 0 Å². The fourth-order valence-electron chi connectivity index (χ4n) is 3.78. The summed E-state index contributed by atoms with van der Waals surface area (Å²) in [5.74, 6) is -2.04. The van der Waals surface area contributed by atoms with E-state index in [1.165, 1.54) is 0 Å². The highest BCUT2D eigenvalue weighted by Gasteiger charge is 2.49. The summed E-state index contributed by atoms with van der Waals surface area (Å²) in [6.45, 7) is 0. The van der Waals surface area contributed by atoms with Crippen LogP contribution < -0.4 is 5.32 Å². The van der Waals surface area contributed by atoms with Crippen LogP contribution in [0.25, 0.3) is 0 Å². The number of carbonyl (C=O) groups excluding carboxylic acids is 2. The number of carbonyl (C=O) groups is 2. The molecule has 30 heavy (non-hydrogen) atoms. The fraction of sp³-hybridized carbons (Fsp3) is 0.333. The van der Waals surface area contributed by atoms with Gasteiger partial charge in [0.05, 0.1) is 5.56 Å². The highest BCUT2D eigenvalue weighted by molar-refractivity contribution is 7.91. The molecule has 1 aliphatic carbocycles. The third-order valence-corrected chi connectivity index (χ3v) is 7.05. The Labute approximate surface area is 172 Å². The first-order chi connectivity index (χ1) is 14.1. The maximum atomic E-state index is 14.2. The fourth-order valence-corrected chi connectivity index (χ4v) is 5.07. The topological polar surface area (TPSA) is 69.2 Å². The van der Waals surface area contributed by atoms with Crippen molar-refractivity contribution in [2.75, 3.05) is 11.1 Å². The molecule has 0 aromatic heterocycles. The molecule has 0 bridgehead atoms. The molecule has 1 amide bonds. The summed E-state index contributed by atoms with van der Waals surface area (Å²) in [6.07, 6.45) is -3.73. The first kappa shape index (κ1) is 20.9. The Morgan fingerprint density at radius 2 is 1.87 bits per heavy atom. The first-order valence-electron chi connectivity index (χ1n) is 9.32. The van der Waals surface area contributed by atoms with Crippen LogP contribution in [0.15, 0.2) is 41.3 Å². The molecule has 0 saturated heterocycles. The number of Topliss-reactive ketones (excluding diaryl/α,β-unsaturated/α-hetero) is 1. The lowest BCUT2D eigenvalue weighted by molar-refractivity contribution is -0.137. The van der Waals surface area contributed by atoms with E-state index < -0.39 is 45.8 Å². The van der Waals surface area contributed by atoms with E-state index in [-0.39, 0.29) is 12.0 Å². The van der Waals surface area contributed by atoms with Crippen molar-refractivity contribution in [2.45, 2.75) is 42.2 Å². The summed E-state index contributed by atoms with van der Waals surface area (Å²) < 4.78 is 65.0. The number of benzene rings is 2. The monoisotopic (exact) mass is 439 g/mol. The largest absolute Gasteiger partial charge is 0.611 e. The van der Waals surface area contributed by atoms with Gasteiger partial charge in [0, 0.05) is 29.5 Å². The number of anilines is 1. The lowest BCUT2D eigenvalue weighted by Gasteiger charge is -2.18. The van der Waals surface area contributed by atoms with Crippen LogP contribution in [0, 0.1) is 5.82 Å². The highest BCUT2D eigenvalue weighted by Crippen LogP contribution is 2.52. The summed E-state index contributed by atoms with van der Waals surface area (Å²) in [5.41, 5.74) is -1.05. The number of halogens is 4. The van der Waals surface area contributed by atoms with Crippen molar-refractivity contribution < 1.29 is 31.7 Å². The van der Waals surface area contributed by atoms with E-state index in [0.717, 1.165) is 17.7 Å². The van der Waals surface area contributed by atoms with Gasteiger partial charge in [-0.3, -0.25) is 9.59 Å². The van der Waals surface area contributed by atoms with Crippen molar-refractivity contribution in [1.82, 2.24) is 0 Å². The van der Waals surface area contributed by atoms with Gasteiger partial charge in [0.25, 0.3) is 5.91 Å². The van der Waals surface area contributed by atoms with Crippen LogP contribution in [0.3, 0.4) is 0 Å². The molecule has 1 unspecified atom stereocenters. The average Bonchev–Trinajstić information content (AvgIpc) is 3.36. The Morgan fingerprint density at radius 1 is 1.13 bits per heavy atom. The lowest BCUT2D eigenvalue weighted by Crippen LogP contribution is -2.27. The normalized spacial score (nSPS) is 19.3. The Kier molecular flexibility index (Phi) is 5.14. The minimum Gasteiger partial charge on any atom is -0.611 e. The van der Waals surface area contributed by atoms with E-state index in [4.69, 9.17) is 0 Å². The minimum atomic E-state index is -4.63. The van der Waals surface area contributed by atoms with Crippen molar-refractivity contribution in [2.24, 2.45) is 0 Å². The van der Waals surface area contributed by atoms with Gasteiger partial charge in [-0.2, -0.15) is 13.2 Å². The number of fused-ring (bicyclic) bond motifs is 1. The van der Waals surface area contributed by atoms with Gasteiger partial charge in [-0.05, 0) is 66.0 Å². The Hall–Kier alpha value is -2.39. The van der Waals surface area contributed by atoms with Gasteiger partial charge in [-0.25, -0.2) is 4.39 Å². The molecular weight excluding hydrogens is 422 g/mol. The summed E-state index contributed by atoms with van der Waals surface area (Å²) in [4.78, 5) is 25.5. The predicted octanol–water partition coefficient (Wildman–Crippen LogP) is 4.14. The third-order valence-electron chi connectivity index (χ3n) is 5.59. The molecule has 1 N–H and O–H groups in total. The van der Waals surface area contributed by atoms with Gasteiger partial charge in [-0.15, -0.1) is 0 Å². The maximum absolute atomic E-state index is 14.2. The van der Waals surface area contributed by atoms with Crippen LogP contribution in [0.2, 0.25) is 0 Å². The Bertz CT molecular complexity index is 1030. The molecule has 1 fully saturated rings. The van der Waals surface area contributed by atoms with Crippen LogP contribution in [-0.4, -0.2) is 22.0 Å². The smallest absolute Gasteiger partial charge is 0.416 e. The van der Waals surface area contributed by atoms with Crippen LogP contribution in [0.4, 0.5) is 23.2 Å². The van der Waals surface area contributed by atoms with E-state index in [1.807, 2.05) is 0 Å². The van der Waals surface area contributed by atoms with Crippen molar-refractivity contribution >= 4 is 28.6 Å². The molecule has 0 radical (unpaired) electrons. The van der Waals surface area contributed by atoms with E-state index in [2.05, 4.69) is 5.32 Å². The van der Waals surface area contributed by atoms with E-state index in [9.17, 15) is 31.7 Å². The van der Waals surface area contributed by atoms with Gasteiger partial charge in [0.2, 0.25) is 5.78 Å². The van der Waals surface area contributed by atoms with Gasteiger partial charge >= 0.3 is 6.18 Å². The molecule has 1 saturated carbocycles.